The zero-order chi connectivity index (χ0) is 13.7. The number of anilines is 1. The molecule has 0 atom stereocenters. The highest BCUT2D eigenvalue weighted by Gasteiger charge is 2.15. The fourth-order valence-electron chi connectivity index (χ4n) is 2.29. The number of nitro benzene ring substituents is 1. The van der Waals surface area contributed by atoms with Crippen LogP contribution in [0, 0.1) is 16.0 Å². The third-order valence-electron chi connectivity index (χ3n) is 3.43. The summed E-state index contributed by atoms with van der Waals surface area (Å²) in [6.45, 7) is 2.90. The molecule has 2 N–H and O–H groups in total. The quantitative estimate of drug-likeness (QED) is 0.629. The van der Waals surface area contributed by atoms with Crippen LogP contribution in [0.2, 0.25) is 0 Å². The summed E-state index contributed by atoms with van der Waals surface area (Å²) in [6.07, 6.45) is 2.26. The van der Waals surface area contributed by atoms with Crippen LogP contribution >= 0.6 is 0 Å². The fourth-order valence-corrected chi connectivity index (χ4v) is 2.29. The Morgan fingerprint density at radius 1 is 1.47 bits per heavy atom. The molecule has 6 heteroatoms. The van der Waals surface area contributed by atoms with Crippen LogP contribution in [-0.4, -0.2) is 31.7 Å². The Kier molecular flexibility index (Phi) is 4.57. The van der Waals surface area contributed by atoms with Gasteiger partial charge in [0.15, 0.2) is 0 Å². The minimum Gasteiger partial charge on any atom is -0.495 e. The molecular formula is C13H19N3O3. The molecule has 0 amide bonds. The molecule has 0 saturated carbocycles. The molecule has 1 aliphatic rings. The van der Waals surface area contributed by atoms with E-state index in [2.05, 4.69) is 10.6 Å². The molecule has 104 valence electrons. The van der Waals surface area contributed by atoms with Crippen molar-refractivity contribution in [2.45, 2.75) is 12.8 Å². The Balaban J connectivity index is 2.04. The minimum absolute atomic E-state index is 0.0774. The van der Waals surface area contributed by atoms with Crippen molar-refractivity contribution < 1.29 is 9.66 Å². The molecule has 1 saturated heterocycles. The van der Waals surface area contributed by atoms with Gasteiger partial charge in [0.05, 0.1) is 17.7 Å². The second-order valence-electron chi connectivity index (χ2n) is 4.72. The monoisotopic (exact) mass is 265 g/mol. The lowest BCUT2D eigenvalue weighted by Crippen LogP contribution is -2.31. The first-order valence-electron chi connectivity index (χ1n) is 6.47. The zero-order valence-corrected chi connectivity index (χ0v) is 11.0. The van der Waals surface area contributed by atoms with Crippen molar-refractivity contribution in [2.24, 2.45) is 5.92 Å². The maximum absolute atomic E-state index is 10.8. The predicted octanol–water partition coefficient (Wildman–Crippen LogP) is 2.01. The molecule has 1 heterocycles. The number of methoxy groups -OCH3 is 1. The van der Waals surface area contributed by atoms with Gasteiger partial charge < -0.3 is 15.4 Å². The minimum atomic E-state index is -0.394. The van der Waals surface area contributed by atoms with E-state index in [1.54, 1.807) is 13.2 Å². The summed E-state index contributed by atoms with van der Waals surface area (Å²) in [5, 5.41) is 17.4. The van der Waals surface area contributed by atoms with Gasteiger partial charge in [-0.2, -0.15) is 0 Å². The van der Waals surface area contributed by atoms with Gasteiger partial charge in [-0.05, 0) is 37.9 Å². The third-order valence-corrected chi connectivity index (χ3v) is 3.43. The van der Waals surface area contributed by atoms with Gasteiger partial charge >= 0.3 is 0 Å². The van der Waals surface area contributed by atoms with E-state index in [4.69, 9.17) is 4.74 Å². The second-order valence-corrected chi connectivity index (χ2v) is 4.72. The van der Waals surface area contributed by atoms with E-state index in [0.717, 1.165) is 32.5 Å². The van der Waals surface area contributed by atoms with Crippen LogP contribution in [0.3, 0.4) is 0 Å². The van der Waals surface area contributed by atoms with Crippen LogP contribution in [0.5, 0.6) is 5.75 Å². The number of non-ortho nitro benzene ring substituents is 1. The third kappa shape index (κ3) is 3.57. The summed E-state index contributed by atoms with van der Waals surface area (Å²) in [4.78, 5) is 10.4. The van der Waals surface area contributed by atoms with Crippen LogP contribution in [0.1, 0.15) is 12.8 Å². The number of rotatable bonds is 5. The summed E-state index contributed by atoms with van der Waals surface area (Å²) in [6, 6.07) is 4.61. The summed E-state index contributed by atoms with van der Waals surface area (Å²) in [5.74, 6) is 1.24. The van der Waals surface area contributed by atoms with E-state index in [0.29, 0.717) is 17.4 Å². The Morgan fingerprint density at radius 3 is 2.84 bits per heavy atom. The summed E-state index contributed by atoms with van der Waals surface area (Å²) < 4.78 is 5.22. The highest BCUT2D eigenvalue weighted by molar-refractivity contribution is 5.61. The average Bonchev–Trinajstić information content (AvgIpc) is 2.45. The first-order valence-corrected chi connectivity index (χ1v) is 6.47. The first-order chi connectivity index (χ1) is 9.20. The number of piperidine rings is 1. The van der Waals surface area contributed by atoms with Crippen molar-refractivity contribution in [3.8, 4) is 5.75 Å². The number of nitro groups is 1. The summed E-state index contributed by atoms with van der Waals surface area (Å²) in [5.41, 5.74) is 0.767. The van der Waals surface area contributed by atoms with Crippen molar-refractivity contribution in [1.29, 1.82) is 0 Å². The number of ether oxygens (including phenoxy) is 1. The van der Waals surface area contributed by atoms with Gasteiger partial charge in [0.25, 0.3) is 5.69 Å². The standard InChI is InChI=1S/C13H19N3O3/c1-19-13-3-2-11(16(17)18)8-12(13)15-9-10-4-6-14-7-5-10/h2-3,8,10,14-15H,4-7,9H2,1H3. The van der Waals surface area contributed by atoms with Crippen LogP contribution in [-0.2, 0) is 0 Å². The van der Waals surface area contributed by atoms with E-state index < -0.39 is 4.92 Å². The van der Waals surface area contributed by atoms with Gasteiger partial charge in [-0.3, -0.25) is 10.1 Å². The maximum Gasteiger partial charge on any atom is 0.271 e. The molecule has 0 unspecified atom stereocenters. The highest BCUT2D eigenvalue weighted by Crippen LogP contribution is 2.29. The fraction of sp³-hybridized carbons (Fsp3) is 0.538. The molecule has 2 rings (SSSR count). The van der Waals surface area contributed by atoms with E-state index in [1.807, 2.05) is 0 Å². The van der Waals surface area contributed by atoms with E-state index in [-0.39, 0.29) is 5.69 Å². The lowest BCUT2D eigenvalue weighted by molar-refractivity contribution is -0.384. The molecule has 1 aromatic rings. The van der Waals surface area contributed by atoms with Gasteiger partial charge in [0.2, 0.25) is 0 Å². The summed E-state index contributed by atoms with van der Waals surface area (Å²) in [7, 11) is 1.57. The van der Waals surface area contributed by atoms with Crippen LogP contribution in [0.15, 0.2) is 18.2 Å². The van der Waals surface area contributed by atoms with Crippen molar-refractivity contribution in [3.63, 3.8) is 0 Å². The molecule has 0 radical (unpaired) electrons. The van der Waals surface area contributed by atoms with E-state index in [9.17, 15) is 10.1 Å². The van der Waals surface area contributed by atoms with Crippen molar-refractivity contribution in [3.05, 3.63) is 28.3 Å². The normalized spacial score (nSPS) is 16.1. The number of nitrogens with zero attached hydrogens (tertiary/aromatic N) is 1. The number of hydrogen-bond donors (Lipinski definition) is 2. The van der Waals surface area contributed by atoms with Gasteiger partial charge in [-0.25, -0.2) is 0 Å². The molecule has 0 aromatic heterocycles. The predicted molar refractivity (Wildman–Crippen MR) is 73.7 cm³/mol. The molecule has 0 bridgehead atoms. The van der Waals surface area contributed by atoms with E-state index in [1.165, 1.54) is 12.1 Å². The average molecular weight is 265 g/mol. The Hall–Kier alpha value is -1.82. The van der Waals surface area contributed by atoms with Gasteiger partial charge in [0.1, 0.15) is 5.75 Å². The molecule has 0 spiro atoms. The molecule has 1 aromatic carbocycles. The van der Waals surface area contributed by atoms with Crippen molar-refractivity contribution in [1.82, 2.24) is 5.32 Å². The van der Waals surface area contributed by atoms with Crippen molar-refractivity contribution >= 4 is 11.4 Å². The molecule has 1 aliphatic heterocycles. The largest absolute Gasteiger partial charge is 0.495 e. The number of nitrogens with one attached hydrogen (secondary N) is 2. The van der Waals surface area contributed by atoms with Gasteiger partial charge in [0, 0.05) is 18.7 Å². The van der Waals surface area contributed by atoms with Gasteiger partial charge in [-0.15, -0.1) is 0 Å². The number of hydrogen-bond acceptors (Lipinski definition) is 5. The maximum atomic E-state index is 10.8. The van der Waals surface area contributed by atoms with E-state index >= 15 is 0 Å². The lowest BCUT2D eigenvalue weighted by atomic mass is 9.98. The molecule has 1 fully saturated rings. The van der Waals surface area contributed by atoms with Crippen LogP contribution < -0.4 is 15.4 Å². The molecule has 19 heavy (non-hydrogen) atoms. The zero-order valence-electron chi connectivity index (χ0n) is 11.0. The molecular weight excluding hydrogens is 246 g/mol. The smallest absolute Gasteiger partial charge is 0.271 e. The second kappa shape index (κ2) is 6.38. The van der Waals surface area contributed by atoms with Crippen molar-refractivity contribution in [2.75, 3.05) is 32.1 Å². The van der Waals surface area contributed by atoms with Crippen LogP contribution in [0.4, 0.5) is 11.4 Å². The topological polar surface area (TPSA) is 76.4 Å². The highest BCUT2D eigenvalue weighted by atomic mass is 16.6. The number of benzene rings is 1. The van der Waals surface area contributed by atoms with Crippen LogP contribution in [0.25, 0.3) is 0 Å². The lowest BCUT2D eigenvalue weighted by Gasteiger charge is -2.23. The Morgan fingerprint density at radius 2 is 2.21 bits per heavy atom. The Labute approximate surface area is 112 Å². The molecule has 0 aliphatic carbocycles. The summed E-state index contributed by atoms with van der Waals surface area (Å²) >= 11 is 0. The molecule has 6 nitrogen and oxygen atoms in total. The Bertz CT molecular complexity index is 445. The van der Waals surface area contributed by atoms with Gasteiger partial charge in [-0.1, -0.05) is 0 Å². The SMILES string of the molecule is COc1ccc([N+](=O)[O-])cc1NCC1CCNCC1. The first kappa shape index (κ1) is 13.6.